The smallest absolute Gasteiger partial charge is 0.220 e. The van der Waals surface area contributed by atoms with Crippen molar-refractivity contribution < 1.29 is 18.3 Å². The quantitative estimate of drug-likeness (QED) is 0.817. The maximum atomic E-state index is 11.9. The van der Waals surface area contributed by atoms with E-state index in [0.29, 0.717) is 19.3 Å². The molecule has 21 heavy (non-hydrogen) atoms. The molecule has 0 radical (unpaired) electrons. The molecule has 1 heterocycles. The van der Waals surface area contributed by atoms with Crippen LogP contribution in [0, 0.1) is 11.3 Å². The Balaban J connectivity index is 1.74. The number of carbonyl (C=O) groups excluding carboxylic acids is 1. The Bertz CT molecular complexity index is 488. The molecule has 0 aromatic heterocycles. The Morgan fingerprint density at radius 3 is 2.38 bits per heavy atom. The molecule has 2 rings (SSSR count). The zero-order chi connectivity index (χ0) is 15.7. The zero-order valence-corrected chi connectivity index (χ0v) is 13.8. The van der Waals surface area contributed by atoms with E-state index in [9.17, 15) is 18.3 Å². The van der Waals surface area contributed by atoms with Crippen molar-refractivity contribution in [3.63, 3.8) is 0 Å². The summed E-state index contributed by atoms with van der Waals surface area (Å²) in [7, 11) is -2.93. The predicted octanol–water partition coefficient (Wildman–Crippen LogP) is 1.26. The van der Waals surface area contributed by atoms with Gasteiger partial charge in [0, 0.05) is 13.0 Å². The lowest BCUT2D eigenvalue weighted by Gasteiger charge is -2.40. The number of amides is 1. The predicted molar refractivity (Wildman–Crippen MR) is 81.6 cm³/mol. The van der Waals surface area contributed by atoms with Gasteiger partial charge in [0.25, 0.3) is 0 Å². The molecule has 0 bridgehead atoms. The number of sulfone groups is 1. The summed E-state index contributed by atoms with van der Waals surface area (Å²) in [6.45, 7) is 4.68. The number of hydrogen-bond acceptors (Lipinski definition) is 4. The summed E-state index contributed by atoms with van der Waals surface area (Å²) < 4.78 is 22.7. The van der Waals surface area contributed by atoms with Gasteiger partial charge in [0.1, 0.15) is 0 Å². The van der Waals surface area contributed by atoms with Gasteiger partial charge in [0.05, 0.1) is 17.1 Å². The first-order valence-electron chi connectivity index (χ1n) is 7.79. The van der Waals surface area contributed by atoms with E-state index in [4.69, 9.17) is 0 Å². The summed E-state index contributed by atoms with van der Waals surface area (Å²) in [6, 6.07) is 0. The van der Waals surface area contributed by atoms with Gasteiger partial charge in [0.15, 0.2) is 9.84 Å². The van der Waals surface area contributed by atoms with E-state index in [-0.39, 0.29) is 41.7 Å². The lowest BCUT2D eigenvalue weighted by Crippen LogP contribution is -2.46. The fourth-order valence-electron chi connectivity index (χ4n) is 3.20. The normalized spacial score (nSPS) is 30.0. The molecule has 0 spiro atoms. The van der Waals surface area contributed by atoms with Gasteiger partial charge in [-0.2, -0.15) is 0 Å². The number of aliphatic hydroxyl groups is 1. The van der Waals surface area contributed by atoms with Crippen LogP contribution < -0.4 is 5.32 Å². The van der Waals surface area contributed by atoms with Gasteiger partial charge >= 0.3 is 0 Å². The van der Waals surface area contributed by atoms with Crippen LogP contribution >= 0.6 is 0 Å². The van der Waals surface area contributed by atoms with Gasteiger partial charge < -0.3 is 10.4 Å². The van der Waals surface area contributed by atoms with Gasteiger partial charge in [-0.15, -0.1) is 0 Å². The summed E-state index contributed by atoms with van der Waals surface area (Å²) in [5.41, 5.74) is -0.526. The highest BCUT2D eigenvalue weighted by molar-refractivity contribution is 7.91. The lowest BCUT2D eigenvalue weighted by molar-refractivity contribution is -0.123. The van der Waals surface area contributed by atoms with Crippen LogP contribution in [0.3, 0.4) is 0 Å². The molecule has 1 saturated heterocycles. The molecule has 1 aliphatic heterocycles. The Kier molecular flexibility index (Phi) is 4.69. The van der Waals surface area contributed by atoms with Crippen molar-refractivity contribution in [2.45, 2.75) is 58.0 Å². The monoisotopic (exact) mass is 317 g/mol. The van der Waals surface area contributed by atoms with Gasteiger partial charge in [-0.05, 0) is 43.4 Å². The topological polar surface area (TPSA) is 83.5 Å². The maximum absolute atomic E-state index is 11.9. The third-order valence-corrected chi connectivity index (χ3v) is 6.79. The summed E-state index contributed by atoms with van der Waals surface area (Å²) in [6.07, 6.45) is 4.16. The van der Waals surface area contributed by atoms with Crippen molar-refractivity contribution >= 4 is 15.7 Å². The SMILES string of the molecule is CC1(C)CCC(O)(CNC(=O)CC2CCS(=O)(=O)C2)CC1. The van der Waals surface area contributed by atoms with Gasteiger partial charge in [0.2, 0.25) is 5.91 Å². The standard InChI is InChI=1S/C15H27NO4S/c1-14(2)4-6-15(18,7-5-14)11-16-13(17)9-12-3-8-21(19,20)10-12/h12,18H,3-11H2,1-2H3,(H,16,17). The molecular weight excluding hydrogens is 290 g/mol. The molecule has 2 aliphatic rings. The van der Waals surface area contributed by atoms with Gasteiger partial charge in [-0.1, -0.05) is 13.8 Å². The maximum Gasteiger partial charge on any atom is 0.220 e. The first-order chi connectivity index (χ1) is 9.59. The molecule has 2 fully saturated rings. The van der Waals surface area contributed by atoms with Crippen LogP contribution in [0.15, 0.2) is 0 Å². The second kappa shape index (κ2) is 5.88. The fraction of sp³-hybridized carbons (Fsp3) is 0.933. The Morgan fingerprint density at radius 2 is 1.86 bits per heavy atom. The van der Waals surface area contributed by atoms with Crippen molar-refractivity contribution in [1.29, 1.82) is 0 Å². The second-order valence-corrected chi connectivity index (χ2v) is 9.87. The Hall–Kier alpha value is -0.620. The number of rotatable bonds is 4. The molecule has 2 N–H and O–H groups in total. The van der Waals surface area contributed by atoms with E-state index in [1.165, 1.54) is 0 Å². The van der Waals surface area contributed by atoms with Crippen LogP contribution in [0.1, 0.15) is 52.4 Å². The highest BCUT2D eigenvalue weighted by Gasteiger charge is 2.37. The first-order valence-corrected chi connectivity index (χ1v) is 9.61. The van der Waals surface area contributed by atoms with E-state index in [1.807, 2.05) is 0 Å². The molecule has 1 atom stereocenters. The van der Waals surface area contributed by atoms with Gasteiger partial charge in [-0.25, -0.2) is 8.42 Å². The van der Waals surface area contributed by atoms with Crippen molar-refractivity contribution in [3.05, 3.63) is 0 Å². The Morgan fingerprint density at radius 1 is 1.24 bits per heavy atom. The van der Waals surface area contributed by atoms with Gasteiger partial charge in [-0.3, -0.25) is 4.79 Å². The van der Waals surface area contributed by atoms with Crippen LogP contribution in [-0.2, 0) is 14.6 Å². The third-order valence-electron chi connectivity index (χ3n) is 4.95. The van der Waals surface area contributed by atoms with Crippen LogP contribution in [0.25, 0.3) is 0 Å². The van der Waals surface area contributed by atoms with E-state index in [0.717, 1.165) is 12.8 Å². The van der Waals surface area contributed by atoms with E-state index in [2.05, 4.69) is 19.2 Å². The average molecular weight is 317 g/mol. The Labute approximate surface area is 127 Å². The van der Waals surface area contributed by atoms with Crippen molar-refractivity contribution in [2.75, 3.05) is 18.1 Å². The summed E-state index contributed by atoms with van der Waals surface area (Å²) in [4.78, 5) is 11.9. The summed E-state index contributed by atoms with van der Waals surface area (Å²) >= 11 is 0. The van der Waals surface area contributed by atoms with Crippen LogP contribution in [-0.4, -0.2) is 43.1 Å². The molecule has 0 aromatic carbocycles. The first kappa shape index (κ1) is 16.7. The third kappa shape index (κ3) is 4.95. The number of nitrogens with one attached hydrogen (secondary N) is 1. The molecular formula is C15H27NO4S. The minimum Gasteiger partial charge on any atom is -0.388 e. The van der Waals surface area contributed by atoms with Crippen molar-refractivity contribution in [3.8, 4) is 0 Å². The molecule has 1 unspecified atom stereocenters. The van der Waals surface area contributed by atoms with Crippen molar-refractivity contribution in [1.82, 2.24) is 5.32 Å². The molecule has 0 aromatic rings. The van der Waals surface area contributed by atoms with E-state index in [1.54, 1.807) is 0 Å². The molecule has 1 saturated carbocycles. The van der Waals surface area contributed by atoms with E-state index < -0.39 is 15.4 Å². The molecule has 1 aliphatic carbocycles. The lowest BCUT2D eigenvalue weighted by atomic mass is 9.71. The minimum atomic E-state index is -2.93. The molecule has 5 nitrogen and oxygen atoms in total. The molecule has 6 heteroatoms. The second-order valence-electron chi connectivity index (χ2n) is 7.64. The fourth-order valence-corrected chi connectivity index (χ4v) is 5.06. The van der Waals surface area contributed by atoms with E-state index >= 15 is 0 Å². The van der Waals surface area contributed by atoms with Crippen LogP contribution in [0.2, 0.25) is 0 Å². The van der Waals surface area contributed by atoms with Crippen LogP contribution in [0.4, 0.5) is 0 Å². The minimum absolute atomic E-state index is 0.0602. The highest BCUT2D eigenvalue weighted by Crippen LogP contribution is 2.39. The average Bonchev–Trinajstić information content (AvgIpc) is 2.71. The van der Waals surface area contributed by atoms with Crippen LogP contribution in [0.5, 0.6) is 0 Å². The largest absolute Gasteiger partial charge is 0.388 e. The molecule has 1 amide bonds. The molecule has 122 valence electrons. The zero-order valence-electron chi connectivity index (χ0n) is 13.0. The highest BCUT2D eigenvalue weighted by atomic mass is 32.2. The number of carbonyl (C=O) groups is 1. The van der Waals surface area contributed by atoms with Crippen molar-refractivity contribution in [2.24, 2.45) is 11.3 Å². The summed E-state index contributed by atoms with van der Waals surface area (Å²) in [5, 5.41) is 13.3. The summed E-state index contributed by atoms with van der Waals surface area (Å²) in [5.74, 6) is 0.119. The number of hydrogen-bond donors (Lipinski definition) is 2.